The largest absolute Gasteiger partial charge is 0.283 e. The van der Waals surface area contributed by atoms with Gasteiger partial charge >= 0.3 is 0 Å². The lowest BCUT2D eigenvalue weighted by atomic mass is 9.97. The van der Waals surface area contributed by atoms with Crippen LogP contribution < -0.4 is 4.72 Å². The van der Waals surface area contributed by atoms with E-state index in [4.69, 9.17) is 0 Å². The zero-order chi connectivity index (χ0) is 19.6. The first-order valence-corrected chi connectivity index (χ1v) is 10.7. The maximum absolute atomic E-state index is 12.5. The smallest absolute Gasteiger partial charge is 0.242 e. The molecule has 0 saturated heterocycles. The van der Waals surface area contributed by atoms with Crippen molar-refractivity contribution in [1.82, 2.24) is 5.01 Å². The topological polar surface area (TPSA) is 78.8 Å². The average molecular weight is 385 g/mol. The molecule has 3 rings (SSSR count). The number of rotatable bonds is 5. The third kappa shape index (κ3) is 4.36. The molecule has 1 atom stereocenters. The summed E-state index contributed by atoms with van der Waals surface area (Å²) in [7, 11) is -3.42. The van der Waals surface area contributed by atoms with Crippen molar-refractivity contribution < 1.29 is 13.2 Å². The van der Waals surface area contributed by atoms with E-state index in [0.29, 0.717) is 29.8 Å². The van der Waals surface area contributed by atoms with Crippen LogP contribution in [0, 0.1) is 6.92 Å². The Morgan fingerprint density at radius 1 is 1.19 bits per heavy atom. The molecule has 0 aromatic heterocycles. The molecule has 0 unspecified atom stereocenters. The molecule has 0 radical (unpaired) electrons. The number of hydrogen-bond donors (Lipinski definition) is 1. The lowest BCUT2D eigenvalue weighted by molar-refractivity contribution is -0.132. The number of nitrogens with one attached hydrogen (secondary N) is 1. The van der Waals surface area contributed by atoms with E-state index < -0.39 is 10.0 Å². The summed E-state index contributed by atoms with van der Waals surface area (Å²) in [6.07, 6.45) is 1.99. The summed E-state index contributed by atoms with van der Waals surface area (Å²) in [5.74, 6) is -0.0656. The first-order chi connectivity index (χ1) is 12.8. The molecule has 1 heterocycles. The van der Waals surface area contributed by atoms with Crippen molar-refractivity contribution in [2.45, 2.75) is 32.7 Å². The Bertz CT molecular complexity index is 982. The maximum Gasteiger partial charge on any atom is 0.242 e. The molecule has 0 saturated carbocycles. The Kier molecular flexibility index (Phi) is 5.32. The monoisotopic (exact) mass is 385 g/mol. The van der Waals surface area contributed by atoms with Crippen LogP contribution in [0.5, 0.6) is 0 Å². The predicted molar refractivity (Wildman–Crippen MR) is 107 cm³/mol. The van der Waals surface area contributed by atoms with E-state index in [9.17, 15) is 13.2 Å². The van der Waals surface area contributed by atoms with Gasteiger partial charge in [-0.05, 0) is 18.6 Å². The van der Waals surface area contributed by atoms with E-state index in [2.05, 4.69) is 9.82 Å². The fraction of sp³-hybridized carbons (Fsp3) is 0.300. The number of carbonyl (C=O) groups excluding carboxylic acids is 1. The third-order valence-corrected chi connectivity index (χ3v) is 5.05. The fourth-order valence-corrected chi connectivity index (χ4v) is 3.71. The van der Waals surface area contributed by atoms with Crippen molar-refractivity contribution in [3.05, 3.63) is 65.2 Å². The summed E-state index contributed by atoms with van der Waals surface area (Å²) in [5.41, 5.74) is 4.00. The molecule has 0 aliphatic carbocycles. The Balaban J connectivity index is 2.00. The lowest BCUT2D eigenvalue weighted by Gasteiger charge is -2.21. The molecule has 1 aliphatic heterocycles. The second-order valence-corrected chi connectivity index (χ2v) is 8.44. The summed E-state index contributed by atoms with van der Waals surface area (Å²) in [4.78, 5) is 12.5. The summed E-state index contributed by atoms with van der Waals surface area (Å²) in [5, 5.41) is 6.09. The Labute approximate surface area is 159 Å². The minimum Gasteiger partial charge on any atom is -0.283 e. The first-order valence-electron chi connectivity index (χ1n) is 8.82. The van der Waals surface area contributed by atoms with Gasteiger partial charge in [0.1, 0.15) is 0 Å². The van der Waals surface area contributed by atoms with Crippen LogP contribution in [-0.4, -0.2) is 31.3 Å². The third-order valence-electron chi connectivity index (χ3n) is 4.46. The average Bonchev–Trinajstić information content (AvgIpc) is 3.06. The van der Waals surface area contributed by atoms with Crippen LogP contribution in [0.25, 0.3) is 0 Å². The zero-order valence-corrected chi connectivity index (χ0v) is 16.5. The molecule has 1 amide bonds. The highest BCUT2D eigenvalue weighted by atomic mass is 32.2. The van der Waals surface area contributed by atoms with Crippen LogP contribution >= 0.6 is 0 Å². The van der Waals surface area contributed by atoms with Gasteiger partial charge < -0.3 is 0 Å². The molecule has 0 spiro atoms. The number of aryl methyl sites for hydroxylation is 1. The van der Waals surface area contributed by atoms with Gasteiger partial charge in [0.05, 0.1) is 23.7 Å². The van der Waals surface area contributed by atoms with Crippen LogP contribution in [0.15, 0.2) is 53.6 Å². The number of para-hydroxylation sites is 1. The van der Waals surface area contributed by atoms with Gasteiger partial charge in [-0.15, -0.1) is 0 Å². The Morgan fingerprint density at radius 2 is 1.85 bits per heavy atom. The molecule has 6 nitrogen and oxygen atoms in total. The van der Waals surface area contributed by atoms with Gasteiger partial charge in [-0.2, -0.15) is 5.10 Å². The van der Waals surface area contributed by atoms with Crippen LogP contribution in [0.1, 0.15) is 42.5 Å². The first kappa shape index (κ1) is 19.1. The maximum atomic E-state index is 12.5. The zero-order valence-electron chi connectivity index (χ0n) is 15.6. The fourth-order valence-electron chi connectivity index (χ4n) is 3.14. The van der Waals surface area contributed by atoms with Crippen LogP contribution in [0.2, 0.25) is 0 Å². The normalized spacial score (nSPS) is 16.9. The Morgan fingerprint density at radius 3 is 2.48 bits per heavy atom. The van der Waals surface area contributed by atoms with Gasteiger partial charge in [0, 0.05) is 18.4 Å². The number of sulfonamides is 1. The highest BCUT2D eigenvalue weighted by Crippen LogP contribution is 2.35. The van der Waals surface area contributed by atoms with Gasteiger partial charge in [0.2, 0.25) is 15.9 Å². The minimum absolute atomic E-state index is 0.0656. The van der Waals surface area contributed by atoms with E-state index in [1.165, 1.54) is 5.01 Å². The van der Waals surface area contributed by atoms with Crippen molar-refractivity contribution in [3.8, 4) is 0 Å². The second kappa shape index (κ2) is 7.52. The highest BCUT2D eigenvalue weighted by molar-refractivity contribution is 7.92. The quantitative estimate of drug-likeness (QED) is 0.856. The molecule has 1 aliphatic rings. The van der Waals surface area contributed by atoms with Gasteiger partial charge in [0.25, 0.3) is 0 Å². The summed E-state index contributed by atoms with van der Waals surface area (Å²) in [6.45, 7) is 3.82. The molecular formula is C20H23N3O3S. The standard InChI is InChI=1S/C20H23N3O3S/c1-4-20(24)23-19(15-11-9-14(2)10-12-15)13-18(21-23)16-7-5-6-8-17(16)22-27(3,25)26/h5-12,19,22H,4,13H2,1-3H3/t19-/m1/s1. The molecule has 7 heteroatoms. The number of anilines is 1. The van der Waals surface area contributed by atoms with Gasteiger partial charge in [0.15, 0.2) is 0 Å². The summed E-state index contributed by atoms with van der Waals surface area (Å²) in [6, 6.07) is 15.0. The SMILES string of the molecule is CCC(=O)N1N=C(c2ccccc2NS(C)(=O)=O)C[C@@H]1c1ccc(C)cc1. The number of benzene rings is 2. The molecule has 142 valence electrons. The second-order valence-electron chi connectivity index (χ2n) is 6.69. The van der Waals surface area contributed by atoms with E-state index in [1.807, 2.05) is 43.3 Å². The van der Waals surface area contributed by atoms with E-state index in [0.717, 1.165) is 17.4 Å². The summed E-state index contributed by atoms with van der Waals surface area (Å²) < 4.78 is 25.9. The van der Waals surface area contributed by atoms with Crippen molar-refractivity contribution in [2.24, 2.45) is 5.10 Å². The molecule has 2 aromatic rings. The van der Waals surface area contributed by atoms with Crippen molar-refractivity contribution in [1.29, 1.82) is 0 Å². The number of hydrogen-bond acceptors (Lipinski definition) is 4. The molecule has 1 N–H and O–H groups in total. The van der Waals surface area contributed by atoms with Crippen molar-refractivity contribution in [2.75, 3.05) is 11.0 Å². The van der Waals surface area contributed by atoms with Gasteiger partial charge in [-0.3, -0.25) is 9.52 Å². The van der Waals surface area contributed by atoms with E-state index >= 15 is 0 Å². The number of hydrazone groups is 1. The number of amides is 1. The molecule has 2 aromatic carbocycles. The van der Waals surface area contributed by atoms with E-state index in [1.54, 1.807) is 19.1 Å². The molecule has 0 bridgehead atoms. The van der Waals surface area contributed by atoms with Gasteiger partial charge in [-0.1, -0.05) is 55.0 Å². The number of carbonyl (C=O) groups is 1. The van der Waals surface area contributed by atoms with Crippen molar-refractivity contribution in [3.63, 3.8) is 0 Å². The van der Waals surface area contributed by atoms with Crippen LogP contribution in [0.4, 0.5) is 5.69 Å². The van der Waals surface area contributed by atoms with Crippen LogP contribution in [-0.2, 0) is 14.8 Å². The predicted octanol–water partition coefficient (Wildman–Crippen LogP) is 3.45. The Hall–Kier alpha value is -2.67. The number of nitrogens with zero attached hydrogens (tertiary/aromatic N) is 2. The molecule has 0 fully saturated rings. The molecular weight excluding hydrogens is 362 g/mol. The molecule has 27 heavy (non-hydrogen) atoms. The summed E-state index contributed by atoms with van der Waals surface area (Å²) >= 11 is 0. The minimum atomic E-state index is -3.42. The van der Waals surface area contributed by atoms with Gasteiger partial charge in [-0.25, -0.2) is 13.4 Å². The van der Waals surface area contributed by atoms with Crippen molar-refractivity contribution >= 4 is 27.3 Å². The van der Waals surface area contributed by atoms with E-state index in [-0.39, 0.29) is 11.9 Å². The van der Waals surface area contributed by atoms with Crippen LogP contribution in [0.3, 0.4) is 0 Å². The highest BCUT2D eigenvalue weighted by Gasteiger charge is 2.33. The lowest BCUT2D eigenvalue weighted by Crippen LogP contribution is -2.26.